The molecule has 0 aliphatic carbocycles. The van der Waals surface area contributed by atoms with E-state index in [1.807, 2.05) is 18.7 Å². The third-order valence-electron chi connectivity index (χ3n) is 2.20. The molecule has 1 aromatic rings. The lowest BCUT2D eigenvalue weighted by Crippen LogP contribution is -2.09. The first-order valence-electron chi connectivity index (χ1n) is 5.49. The summed E-state index contributed by atoms with van der Waals surface area (Å²) < 4.78 is 0.229. The Morgan fingerprint density at radius 2 is 1.88 bits per heavy atom. The maximum atomic E-state index is 6.12. The Hall–Kier alpha value is -0.280. The van der Waals surface area contributed by atoms with Crippen molar-refractivity contribution in [2.45, 2.75) is 51.5 Å². The largest absolute Gasteiger partial charge is 0.237 e. The fraction of sp³-hybridized carbons (Fsp3) is 0.667. The van der Waals surface area contributed by atoms with Gasteiger partial charge in [-0.05, 0) is 13.3 Å². The van der Waals surface area contributed by atoms with E-state index in [1.54, 1.807) is 0 Å². The zero-order chi connectivity index (χ0) is 12.3. The van der Waals surface area contributed by atoms with Gasteiger partial charge < -0.3 is 0 Å². The van der Waals surface area contributed by atoms with Gasteiger partial charge in [0, 0.05) is 16.0 Å². The maximum absolute atomic E-state index is 6.12. The average Bonchev–Trinajstić information content (AvgIpc) is 2.13. The lowest BCUT2D eigenvalue weighted by Gasteiger charge is -2.17. The van der Waals surface area contributed by atoms with Crippen molar-refractivity contribution in [3.63, 3.8) is 0 Å². The third kappa shape index (κ3) is 3.95. The molecule has 1 rings (SSSR count). The lowest BCUT2D eigenvalue weighted by molar-refractivity contribution is 0.799. The van der Waals surface area contributed by atoms with Crippen LogP contribution < -0.4 is 0 Å². The number of hydrogen-bond donors (Lipinski definition) is 0. The van der Waals surface area contributed by atoms with E-state index in [0.717, 1.165) is 29.3 Å². The molecular formula is C12H19ClN2S. The first kappa shape index (κ1) is 13.8. The van der Waals surface area contributed by atoms with Crippen molar-refractivity contribution in [2.24, 2.45) is 0 Å². The van der Waals surface area contributed by atoms with Crippen LogP contribution in [0.3, 0.4) is 0 Å². The molecular weight excluding hydrogens is 240 g/mol. The van der Waals surface area contributed by atoms with Crippen molar-refractivity contribution in [1.82, 2.24) is 9.97 Å². The van der Waals surface area contributed by atoms with Crippen molar-refractivity contribution in [1.29, 1.82) is 0 Å². The Labute approximate surface area is 107 Å². The molecule has 0 aliphatic rings. The van der Waals surface area contributed by atoms with E-state index < -0.39 is 0 Å². The first-order chi connectivity index (χ1) is 7.33. The van der Waals surface area contributed by atoms with Gasteiger partial charge in [-0.3, -0.25) is 0 Å². The molecule has 0 aliphatic heterocycles. The molecule has 0 saturated carbocycles. The van der Waals surface area contributed by atoms with Crippen molar-refractivity contribution in [3.8, 4) is 0 Å². The second-order valence-corrected chi connectivity index (χ2v) is 6.91. The fourth-order valence-electron chi connectivity index (χ4n) is 1.36. The smallest absolute Gasteiger partial charge is 0.140 e. The Morgan fingerprint density at radius 1 is 1.25 bits per heavy atom. The highest BCUT2D eigenvalue weighted by Gasteiger charge is 2.13. The second kappa shape index (κ2) is 5.37. The van der Waals surface area contributed by atoms with Gasteiger partial charge in [0.25, 0.3) is 0 Å². The third-order valence-corrected chi connectivity index (χ3v) is 3.78. The molecule has 0 unspecified atom stereocenters. The number of hydrogen-bond acceptors (Lipinski definition) is 3. The highest BCUT2D eigenvalue weighted by atomic mass is 35.5. The molecule has 0 radical (unpaired) electrons. The second-order valence-electron chi connectivity index (χ2n) is 4.75. The Morgan fingerprint density at radius 3 is 2.31 bits per heavy atom. The topological polar surface area (TPSA) is 25.8 Å². The minimum atomic E-state index is 0.229. The number of thioether (sulfide) groups is 1. The van der Waals surface area contributed by atoms with Crippen LogP contribution in [0.25, 0.3) is 0 Å². The molecule has 0 spiro atoms. The minimum absolute atomic E-state index is 0.229. The Bertz CT molecular complexity index is 349. The molecule has 0 saturated heterocycles. The van der Waals surface area contributed by atoms with Crippen LogP contribution >= 0.6 is 23.4 Å². The molecule has 0 N–H and O–H groups in total. The summed E-state index contributed by atoms with van der Waals surface area (Å²) >= 11 is 7.96. The predicted molar refractivity (Wildman–Crippen MR) is 72.2 cm³/mol. The van der Waals surface area contributed by atoms with Crippen LogP contribution in [0.5, 0.6) is 0 Å². The van der Waals surface area contributed by atoms with Crippen LogP contribution in [-0.4, -0.2) is 14.7 Å². The molecule has 0 amide bonds. The molecule has 0 fully saturated rings. The molecule has 0 atom stereocenters. The quantitative estimate of drug-likeness (QED) is 0.766. The maximum Gasteiger partial charge on any atom is 0.140 e. The van der Waals surface area contributed by atoms with Gasteiger partial charge in [-0.25, -0.2) is 9.97 Å². The van der Waals surface area contributed by atoms with Gasteiger partial charge in [-0.2, -0.15) is 0 Å². The standard InChI is InChI=1S/C12H19ClN2S/c1-6-9-8(2)14-10(15-11(9)13)7-16-12(3,4)5/h6-7H2,1-5H3. The summed E-state index contributed by atoms with van der Waals surface area (Å²) in [5.41, 5.74) is 2.07. The van der Waals surface area contributed by atoms with Crippen LogP contribution in [-0.2, 0) is 12.2 Å². The zero-order valence-electron chi connectivity index (χ0n) is 10.6. The van der Waals surface area contributed by atoms with E-state index in [9.17, 15) is 0 Å². The van der Waals surface area contributed by atoms with E-state index in [2.05, 4.69) is 37.7 Å². The molecule has 16 heavy (non-hydrogen) atoms. The first-order valence-corrected chi connectivity index (χ1v) is 6.85. The van der Waals surface area contributed by atoms with Crippen LogP contribution in [0.15, 0.2) is 0 Å². The number of halogens is 1. The molecule has 1 heterocycles. The van der Waals surface area contributed by atoms with E-state index in [0.29, 0.717) is 5.15 Å². The SMILES string of the molecule is CCc1c(C)nc(CSC(C)(C)C)nc1Cl. The van der Waals surface area contributed by atoms with Crippen LogP contribution in [0, 0.1) is 6.92 Å². The predicted octanol–water partition coefficient (Wildman–Crippen LogP) is 4.03. The van der Waals surface area contributed by atoms with Gasteiger partial charge in [-0.15, -0.1) is 11.8 Å². The number of nitrogens with zero attached hydrogens (tertiary/aromatic N) is 2. The number of rotatable bonds is 3. The van der Waals surface area contributed by atoms with Gasteiger partial charge >= 0.3 is 0 Å². The van der Waals surface area contributed by atoms with Gasteiger partial charge in [-0.1, -0.05) is 39.3 Å². The van der Waals surface area contributed by atoms with E-state index >= 15 is 0 Å². The summed E-state index contributed by atoms with van der Waals surface area (Å²) in [5.74, 6) is 1.65. The molecule has 0 bridgehead atoms. The highest BCUT2D eigenvalue weighted by Crippen LogP contribution is 2.27. The number of aryl methyl sites for hydroxylation is 1. The normalized spacial score (nSPS) is 11.9. The minimum Gasteiger partial charge on any atom is -0.237 e. The van der Waals surface area contributed by atoms with E-state index in [4.69, 9.17) is 11.6 Å². The van der Waals surface area contributed by atoms with Crippen molar-refractivity contribution in [2.75, 3.05) is 0 Å². The summed E-state index contributed by atoms with van der Waals surface area (Å²) in [6.45, 7) is 10.6. The van der Waals surface area contributed by atoms with E-state index in [-0.39, 0.29) is 4.75 Å². The monoisotopic (exact) mass is 258 g/mol. The Kier molecular flexibility index (Phi) is 4.62. The number of aromatic nitrogens is 2. The van der Waals surface area contributed by atoms with Gasteiger partial charge in [0.2, 0.25) is 0 Å². The summed E-state index contributed by atoms with van der Waals surface area (Å²) in [4.78, 5) is 8.83. The van der Waals surface area contributed by atoms with Crippen molar-refractivity contribution >= 4 is 23.4 Å². The van der Waals surface area contributed by atoms with Crippen LogP contribution in [0.1, 0.15) is 44.8 Å². The highest BCUT2D eigenvalue weighted by molar-refractivity contribution is 7.99. The fourth-order valence-corrected chi connectivity index (χ4v) is 2.42. The summed E-state index contributed by atoms with van der Waals surface area (Å²) in [7, 11) is 0. The van der Waals surface area contributed by atoms with Crippen molar-refractivity contribution in [3.05, 3.63) is 22.2 Å². The molecule has 1 aromatic heterocycles. The molecule has 4 heteroatoms. The molecule has 2 nitrogen and oxygen atoms in total. The lowest BCUT2D eigenvalue weighted by atomic mass is 10.2. The summed E-state index contributed by atoms with van der Waals surface area (Å²) in [5, 5.41) is 0.611. The summed E-state index contributed by atoms with van der Waals surface area (Å²) in [6, 6.07) is 0. The van der Waals surface area contributed by atoms with Gasteiger partial charge in [0.1, 0.15) is 11.0 Å². The van der Waals surface area contributed by atoms with Crippen molar-refractivity contribution < 1.29 is 0 Å². The molecule has 90 valence electrons. The van der Waals surface area contributed by atoms with Gasteiger partial charge in [0.05, 0.1) is 5.75 Å². The van der Waals surface area contributed by atoms with Crippen LogP contribution in [0.2, 0.25) is 5.15 Å². The molecule has 0 aromatic carbocycles. The van der Waals surface area contributed by atoms with E-state index in [1.165, 1.54) is 0 Å². The zero-order valence-corrected chi connectivity index (χ0v) is 12.2. The van der Waals surface area contributed by atoms with Gasteiger partial charge in [0.15, 0.2) is 0 Å². The Balaban J connectivity index is 2.84. The average molecular weight is 259 g/mol. The van der Waals surface area contributed by atoms with Crippen LogP contribution in [0.4, 0.5) is 0 Å². The summed E-state index contributed by atoms with van der Waals surface area (Å²) in [6.07, 6.45) is 0.886.